The van der Waals surface area contributed by atoms with E-state index >= 15 is 0 Å². The van der Waals surface area contributed by atoms with Gasteiger partial charge in [-0.05, 0) is 25.8 Å². The number of hydrogen-bond acceptors (Lipinski definition) is 4. The Hall–Kier alpha value is -0.910. The summed E-state index contributed by atoms with van der Waals surface area (Å²) in [5, 5.41) is 4.24. The van der Waals surface area contributed by atoms with Crippen molar-refractivity contribution in [2.45, 2.75) is 38.5 Å². The van der Waals surface area contributed by atoms with E-state index in [0.717, 1.165) is 31.7 Å². The molecule has 2 unspecified atom stereocenters. The van der Waals surface area contributed by atoms with Gasteiger partial charge in [0, 0.05) is 19.3 Å². The van der Waals surface area contributed by atoms with Crippen molar-refractivity contribution in [3.8, 4) is 0 Å². The molecule has 5 heteroatoms. The molecule has 3 N–H and O–H groups in total. The van der Waals surface area contributed by atoms with E-state index in [0.29, 0.717) is 0 Å². The molecule has 0 saturated carbocycles. The summed E-state index contributed by atoms with van der Waals surface area (Å²) in [7, 11) is 0. The first kappa shape index (κ1) is 10.6. The zero-order valence-electron chi connectivity index (χ0n) is 9.02. The summed E-state index contributed by atoms with van der Waals surface area (Å²) in [5.41, 5.74) is 3.94. The van der Waals surface area contributed by atoms with Gasteiger partial charge in [0.15, 0.2) is 0 Å². The van der Waals surface area contributed by atoms with Gasteiger partial charge in [-0.25, -0.2) is 5.43 Å². The minimum atomic E-state index is 0.0509. The normalized spacial score (nSPS) is 23.2. The zero-order valence-corrected chi connectivity index (χ0v) is 9.02. The van der Waals surface area contributed by atoms with E-state index in [2.05, 4.69) is 17.4 Å². The highest BCUT2D eigenvalue weighted by molar-refractivity contribution is 5.09. The van der Waals surface area contributed by atoms with Crippen molar-refractivity contribution in [3.63, 3.8) is 0 Å². The van der Waals surface area contributed by atoms with Gasteiger partial charge in [0.05, 0.1) is 17.8 Å². The van der Waals surface area contributed by atoms with Crippen molar-refractivity contribution in [2.75, 3.05) is 6.61 Å². The number of aromatic nitrogens is 2. The van der Waals surface area contributed by atoms with Gasteiger partial charge in [-0.15, -0.1) is 0 Å². The van der Waals surface area contributed by atoms with E-state index in [1.165, 1.54) is 0 Å². The highest BCUT2D eigenvalue weighted by Crippen LogP contribution is 2.25. The largest absolute Gasteiger partial charge is 0.376 e. The lowest BCUT2D eigenvalue weighted by Crippen LogP contribution is -2.37. The summed E-state index contributed by atoms with van der Waals surface area (Å²) in [4.78, 5) is 0. The Morgan fingerprint density at radius 1 is 1.80 bits per heavy atom. The van der Waals surface area contributed by atoms with Crippen LogP contribution in [-0.4, -0.2) is 22.5 Å². The smallest absolute Gasteiger partial charge is 0.0890 e. The second-order valence-corrected chi connectivity index (χ2v) is 3.77. The molecule has 2 atom stereocenters. The molecule has 0 radical (unpaired) electrons. The van der Waals surface area contributed by atoms with Crippen molar-refractivity contribution >= 4 is 0 Å². The minimum absolute atomic E-state index is 0.0509. The molecular weight excluding hydrogens is 192 g/mol. The van der Waals surface area contributed by atoms with Gasteiger partial charge in [0.1, 0.15) is 0 Å². The fraction of sp³-hybridized carbons (Fsp3) is 0.700. The van der Waals surface area contributed by atoms with Crippen LogP contribution in [0.1, 0.15) is 31.5 Å². The van der Waals surface area contributed by atoms with Crippen LogP contribution in [0.3, 0.4) is 0 Å². The Kier molecular flexibility index (Phi) is 3.35. The van der Waals surface area contributed by atoms with E-state index in [4.69, 9.17) is 10.6 Å². The van der Waals surface area contributed by atoms with E-state index in [9.17, 15) is 0 Å². The molecule has 1 fully saturated rings. The number of nitrogens with one attached hydrogen (secondary N) is 1. The van der Waals surface area contributed by atoms with E-state index < -0.39 is 0 Å². The van der Waals surface area contributed by atoms with Crippen LogP contribution in [0.2, 0.25) is 0 Å². The molecule has 1 saturated heterocycles. The average Bonchev–Trinajstić information content (AvgIpc) is 2.89. The standard InChI is InChI=1S/C10H18N4O/c1-2-14-8(5-6-12-14)10(13-11)9-4-3-7-15-9/h5-6,9-10,13H,2-4,7,11H2,1H3. The first-order valence-corrected chi connectivity index (χ1v) is 5.46. The van der Waals surface area contributed by atoms with E-state index in [-0.39, 0.29) is 12.1 Å². The number of rotatable bonds is 4. The first-order chi connectivity index (χ1) is 7.36. The molecule has 0 aliphatic carbocycles. The van der Waals surface area contributed by atoms with Crippen molar-refractivity contribution < 1.29 is 4.74 Å². The maximum absolute atomic E-state index is 5.65. The third kappa shape index (κ3) is 2.04. The molecule has 0 aromatic carbocycles. The van der Waals surface area contributed by atoms with Gasteiger partial charge in [-0.1, -0.05) is 0 Å². The molecule has 1 aromatic heterocycles. The number of nitrogens with two attached hydrogens (primary N) is 1. The predicted octanol–water partition coefficient (Wildman–Crippen LogP) is 0.586. The highest BCUT2D eigenvalue weighted by Gasteiger charge is 2.28. The second kappa shape index (κ2) is 4.74. The molecule has 5 nitrogen and oxygen atoms in total. The maximum atomic E-state index is 5.65. The molecule has 15 heavy (non-hydrogen) atoms. The minimum Gasteiger partial charge on any atom is -0.376 e. The molecular formula is C10H18N4O. The van der Waals surface area contributed by atoms with Gasteiger partial charge in [0.25, 0.3) is 0 Å². The predicted molar refractivity (Wildman–Crippen MR) is 56.9 cm³/mol. The Bertz CT molecular complexity index is 306. The quantitative estimate of drug-likeness (QED) is 0.564. The summed E-state index contributed by atoms with van der Waals surface area (Å²) in [5.74, 6) is 5.60. The molecule has 0 spiro atoms. The summed E-state index contributed by atoms with van der Waals surface area (Å²) >= 11 is 0. The van der Waals surface area contributed by atoms with Crippen molar-refractivity contribution in [1.82, 2.24) is 15.2 Å². The highest BCUT2D eigenvalue weighted by atomic mass is 16.5. The Labute approximate surface area is 89.6 Å². The summed E-state index contributed by atoms with van der Waals surface area (Å²) in [6.07, 6.45) is 4.15. The molecule has 0 bridgehead atoms. The van der Waals surface area contributed by atoms with Crippen LogP contribution < -0.4 is 11.3 Å². The molecule has 1 aromatic rings. The molecule has 1 aliphatic heterocycles. The Morgan fingerprint density at radius 3 is 3.27 bits per heavy atom. The van der Waals surface area contributed by atoms with Crippen LogP contribution in [0.15, 0.2) is 12.3 Å². The Morgan fingerprint density at radius 2 is 2.67 bits per heavy atom. The maximum Gasteiger partial charge on any atom is 0.0890 e. The van der Waals surface area contributed by atoms with Crippen LogP contribution in [0.4, 0.5) is 0 Å². The second-order valence-electron chi connectivity index (χ2n) is 3.77. The van der Waals surface area contributed by atoms with Crippen molar-refractivity contribution in [3.05, 3.63) is 18.0 Å². The molecule has 0 amide bonds. The molecule has 2 rings (SSSR count). The lowest BCUT2D eigenvalue weighted by molar-refractivity contribution is 0.0755. The van der Waals surface area contributed by atoms with Crippen LogP contribution in [0.25, 0.3) is 0 Å². The lowest BCUT2D eigenvalue weighted by Gasteiger charge is -2.22. The molecule has 84 valence electrons. The topological polar surface area (TPSA) is 65.1 Å². The lowest BCUT2D eigenvalue weighted by atomic mass is 10.1. The van der Waals surface area contributed by atoms with Gasteiger partial charge < -0.3 is 4.74 Å². The van der Waals surface area contributed by atoms with Crippen LogP contribution in [-0.2, 0) is 11.3 Å². The SMILES string of the molecule is CCn1nccc1C(NN)C1CCCO1. The van der Waals surface area contributed by atoms with Crippen molar-refractivity contribution in [2.24, 2.45) is 5.84 Å². The first-order valence-electron chi connectivity index (χ1n) is 5.46. The van der Waals surface area contributed by atoms with Crippen LogP contribution in [0, 0.1) is 0 Å². The number of hydrogen-bond donors (Lipinski definition) is 2. The number of ether oxygens (including phenoxy) is 1. The third-order valence-electron chi connectivity index (χ3n) is 2.88. The van der Waals surface area contributed by atoms with E-state index in [1.54, 1.807) is 6.20 Å². The number of nitrogens with zero attached hydrogens (tertiary/aromatic N) is 2. The van der Waals surface area contributed by atoms with Gasteiger partial charge in [0.2, 0.25) is 0 Å². The summed E-state index contributed by atoms with van der Waals surface area (Å²) in [6, 6.07) is 2.05. The zero-order chi connectivity index (χ0) is 10.7. The average molecular weight is 210 g/mol. The van der Waals surface area contributed by atoms with E-state index in [1.807, 2.05) is 10.7 Å². The summed E-state index contributed by atoms with van der Waals surface area (Å²) < 4.78 is 7.60. The number of aryl methyl sites for hydroxylation is 1. The Balaban J connectivity index is 2.17. The van der Waals surface area contributed by atoms with Gasteiger partial charge in [-0.3, -0.25) is 10.5 Å². The summed E-state index contributed by atoms with van der Waals surface area (Å²) in [6.45, 7) is 3.76. The van der Waals surface area contributed by atoms with Gasteiger partial charge in [-0.2, -0.15) is 5.10 Å². The fourth-order valence-electron chi connectivity index (χ4n) is 2.12. The van der Waals surface area contributed by atoms with Crippen molar-refractivity contribution in [1.29, 1.82) is 0 Å². The van der Waals surface area contributed by atoms with Gasteiger partial charge >= 0.3 is 0 Å². The molecule has 2 heterocycles. The number of hydrazine groups is 1. The van der Waals surface area contributed by atoms with Crippen LogP contribution in [0.5, 0.6) is 0 Å². The fourth-order valence-corrected chi connectivity index (χ4v) is 2.12. The van der Waals surface area contributed by atoms with Crippen LogP contribution >= 0.6 is 0 Å². The third-order valence-corrected chi connectivity index (χ3v) is 2.88. The monoisotopic (exact) mass is 210 g/mol. The molecule has 1 aliphatic rings.